The Balaban J connectivity index is 2.15. The van der Waals surface area contributed by atoms with Crippen molar-refractivity contribution < 1.29 is 9.53 Å². The van der Waals surface area contributed by atoms with Gasteiger partial charge in [0.2, 0.25) is 0 Å². The number of aromatic nitrogens is 3. The van der Waals surface area contributed by atoms with Crippen LogP contribution in [0.3, 0.4) is 0 Å². The summed E-state index contributed by atoms with van der Waals surface area (Å²) in [6.45, 7) is 4.41. The number of esters is 1. The summed E-state index contributed by atoms with van der Waals surface area (Å²) in [7, 11) is 0. The zero-order chi connectivity index (χ0) is 12.3. The predicted molar refractivity (Wildman–Crippen MR) is 62.7 cm³/mol. The highest BCUT2D eigenvalue weighted by molar-refractivity contribution is 5.88. The molecule has 0 bridgehead atoms. The monoisotopic (exact) mass is 237 g/mol. The molecular weight excluding hydrogens is 218 g/mol. The van der Waals surface area contributed by atoms with Crippen LogP contribution in [0, 0.1) is 5.92 Å². The lowest BCUT2D eigenvalue weighted by Crippen LogP contribution is -2.16. The van der Waals surface area contributed by atoms with Gasteiger partial charge in [-0.3, -0.25) is 0 Å². The van der Waals surface area contributed by atoms with Gasteiger partial charge in [0.15, 0.2) is 5.69 Å². The molecule has 1 aliphatic carbocycles. The Labute approximate surface area is 101 Å². The molecule has 0 aliphatic heterocycles. The molecule has 1 aromatic heterocycles. The zero-order valence-corrected chi connectivity index (χ0v) is 10.4. The topological polar surface area (TPSA) is 67.9 Å². The van der Waals surface area contributed by atoms with Crippen molar-refractivity contribution in [3.8, 4) is 0 Å². The Morgan fingerprint density at radius 2 is 2.29 bits per heavy atom. The summed E-state index contributed by atoms with van der Waals surface area (Å²) in [5.41, 5.74) is 1.15. The Morgan fingerprint density at radius 3 is 3.00 bits per heavy atom. The molecule has 1 heterocycles. The van der Waals surface area contributed by atoms with Gasteiger partial charge in [-0.15, -0.1) is 5.10 Å². The summed E-state index contributed by atoms with van der Waals surface area (Å²) in [6.07, 6.45) is 4.63. The van der Waals surface area contributed by atoms with Crippen molar-refractivity contribution in [1.29, 1.82) is 0 Å². The third-order valence-electron chi connectivity index (χ3n) is 3.37. The molecule has 5 heteroatoms. The van der Waals surface area contributed by atoms with E-state index in [-0.39, 0.29) is 5.97 Å². The molecule has 94 valence electrons. The predicted octanol–water partition coefficient (Wildman–Crippen LogP) is 2.28. The zero-order valence-electron chi connectivity index (χ0n) is 10.4. The van der Waals surface area contributed by atoms with Crippen molar-refractivity contribution in [2.45, 2.75) is 45.4 Å². The third kappa shape index (κ3) is 2.65. The van der Waals surface area contributed by atoms with E-state index in [1.165, 1.54) is 12.8 Å². The lowest BCUT2D eigenvalue weighted by Gasteiger charge is -2.25. The number of hydrogen-bond acceptors (Lipinski definition) is 4. The SMILES string of the molecule is CCOC(=O)c1n[nH]nc1C1CCCC(C)C1. The number of carbonyl (C=O) groups is 1. The van der Waals surface area contributed by atoms with E-state index in [9.17, 15) is 4.79 Å². The molecule has 5 nitrogen and oxygen atoms in total. The molecular formula is C12H19N3O2. The summed E-state index contributed by atoms with van der Waals surface area (Å²) >= 11 is 0. The lowest BCUT2D eigenvalue weighted by molar-refractivity contribution is 0.0517. The van der Waals surface area contributed by atoms with Crippen LogP contribution in [0.1, 0.15) is 61.6 Å². The quantitative estimate of drug-likeness (QED) is 0.819. The summed E-state index contributed by atoms with van der Waals surface area (Å²) in [5.74, 6) is 0.673. The molecule has 1 aliphatic rings. The Hall–Kier alpha value is -1.39. The highest BCUT2D eigenvalue weighted by Gasteiger charge is 2.28. The fraction of sp³-hybridized carbons (Fsp3) is 0.750. The van der Waals surface area contributed by atoms with Crippen LogP contribution in [-0.4, -0.2) is 28.0 Å². The highest BCUT2D eigenvalue weighted by atomic mass is 16.5. The van der Waals surface area contributed by atoms with E-state index in [0.29, 0.717) is 24.1 Å². The van der Waals surface area contributed by atoms with E-state index in [1.54, 1.807) is 6.92 Å². The van der Waals surface area contributed by atoms with Crippen LogP contribution < -0.4 is 0 Å². The van der Waals surface area contributed by atoms with E-state index in [1.807, 2.05) is 0 Å². The van der Waals surface area contributed by atoms with E-state index in [2.05, 4.69) is 22.3 Å². The average Bonchev–Trinajstić information content (AvgIpc) is 2.78. The van der Waals surface area contributed by atoms with Gasteiger partial charge in [0, 0.05) is 5.92 Å². The van der Waals surface area contributed by atoms with Crippen LogP contribution in [0.15, 0.2) is 0 Å². The van der Waals surface area contributed by atoms with E-state index in [4.69, 9.17) is 4.74 Å². The number of H-pyrrole nitrogens is 1. The molecule has 0 saturated heterocycles. The number of nitrogens with zero attached hydrogens (tertiary/aromatic N) is 2. The maximum Gasteiger partial charge on any atom is 0.360 e. The summed E-state index contributed by atoms with van der Waals surface area (Å²) < 4.78 is 4.98. The van der Waals surface area contributed by atoms with Crippen LogP contribution in [-0.2, 0) is 4.74 Å². The van der Waals surface area contributed by atoms with Gasteiger partial charge in [0.05, 0.1) is 6.61 Å². The average molecular weight is 237 g/mol. The summed E-state index contributed by atoms with van der Waals surface area (Å²) in [5, 5.41) is 10.6. The van der Waals surface area contributed by atoms with Crippen LogP contribution in [0.2, 0.25) is 0 Å². The third-order valence-corrected chi connectivity index (χ3v) is 3.37. The standard InChI is InChI=1S/C12H19N3O2/c1-3-17-12(16)11-10(13-15-14-11)9-6-4-5-8(2)7-9/h8-9H,3-7H2,1-2H3,(H,13,14,15). The van der Waals surface area contributed by atoms with Gasteiger partial charge in [-0.1, -0.05) is 19.8 Å². The first-order valence-electron chi connectivity index (χ1n) is 6.30. The van der Waals surface area contributed by atoms with Gasteiger partial charge >= 0.3 is 5.97 Å². The summed E-state index contributed by atoms with van der Waals surface area (Å²) in [4.78, 5) is 11.7. The second kappa shape index (κ2) is 5.29. The van der Waals surface area contributed by atoms with Gasteiger partial charge < -0.3 is 4.74 Å². The number of aromatic amines is 1. The minimum Gasteiger partial charge on any atom is -0.461 e. The Bertz CT molecular complexity index is 389. The van der Waals surface area contributed by atoms with Gasteiger partial charge in [0.25, 0.3) is 0 Å². The fourth-order valence-corrected chi connectivity index (χ4v) is 2.56. The van der Waals surface area contributed by atoms with E-state index in [0.717, 1.165) is 18.5 Å². The van der Waals surface area contributed by atoms with Gasteiger partial charge in [-0.2, -0.15) is 10.3 Å². The molecule has 0 aromatic carbocycles. The molecule has 1 N–H and O–H groups in total. The molecule has 2 rings (SSSR count). The van der Waals surface area contributed by atoms with Crippen molar-refractivity contribution in [3.63, 3.8) is 0 Å². The van der Waals surface area contributed by atoms with Gasteiger partial charge in [-0.25, -0.2) is 4.79 Å². The summed E-state index contributed by atoms with van der Waals surface area (Å²) in [6, 6.07) is 0. The lowest BCUT2D eigenvalue weighted by atomic mass is 9.80. The first-order chi connectivity index (χ1) is 8.22. The molecule has 1 fully saturated rings. The van der Waals surface area contributed by atoms with E-state index < -0.39 is 0 Å². The maximum atomic E-state index is 11.7. The van der Waals surface area contributed by atoms with Crippen molar-refractivity contribution in [3.05, 3.63) is 11.4 Å². The normalized spacial score (nSPS) is 24.6. The van der Waals surface area contributed by atoms with Crippen LogP contribution >= 0.6 is 0 Å². The molecule has 0 amide bonds. The van der Waals surface area contributed by atoms with Crippen LogP contribution in [0.4, 0.5) is 0 Å². The molecule has 1 aromatic rings. The molecule has 2 atom stereocenters. The maximum absolute atomic E-state index is 11.7. The molecule has 2 unspecified atom stereocenters. The Kier molecular flexibility index (Phi) is 3.76. The highest BCUT2D eigenvalue weighted by Crippen LogP contribution is 2.35. The van der Waals surface area contributed by atoms with Crippen molar-refractivity contribution >= 4 is 5.97 Å². The number of carbonyl (C=O) groups excluding carboxylic acids is 1. The fourth-order valence-electron chi connectivity index (χ4n) is 2.56. The second-order valence-electron chi connectivity index (χ2n) is 4.75. The van der Waals surface area contributed by atoms with E-state index >= 15 is 0 Å². The van der Waals surface area contributed by atoms with Crippen LogP contribution in [0.25, 0.3) is 0 Å². The number of hydrogen-bond donors (Lipinski definition) is 1. The first-order valence-corrected chi connectivity index (χ1v) is 6.30. The Morgan fingerprint density at radius 1 is 1.47 bits per heavy atom. The van der Waals surface area contributed by atoms with Crippen molar-refractivity contribution in [2.24, 2.45) is 5.92 Å². The van der Waals surface area contributed by atoms with Crippen molar-refractivity contribution in [2.75, 3.05) is 6.61 Å². The molecule has 0 spiro atoms. The smallest absolute Gasteiger partial charge is 0.360 e. The van der Waals surface area contributed by atoms with Crippen LogP contribution in [0.5, 0.6) is 0 Å². The minimum atomic E-state index is -0.366. The largest absolute Gasteiger partial charge is 0.461 e. The first kappa shape index (κ1) is 12.1. The van der Waals surface area contributed by atoms with Crippen molar-refractivity contribution in [1.82, 2.24) is 15.4 Å². The molecule has 1 saturated carbocycles. The molecule has 17 heavy (non-hydrogen) atoms. The minimum absolute atomic E-state index is 0.344. The number of nitrogens with one attached hydrogen (secondary N) is 1. The second-order valence-corrected chi connectivity index (χ2v) is 4.75. The number of ether oxygens (including phenoxy) is 1. The van der Waals surface area contributed by atoms with Gasteiger partial charge in [0.1, 0.15) is 5.69 Å². The molecule has 0 radical (unpaired) electrons. The number of rotatable bonds is 3. The van der Waals surface area contributed by atoms with Gasteiger partial charge in [-0.05, 0) is 25.7 Å².